The number of hydrogen-bond acceptors (Lipinski definition) is 3. The van der Waals surface area contributed by atoms with E-state index in [-0.39, 0.29) is 11.8 Å². The van der Waals surface area contributed by atoms with Gasteiger partial charge >= 0.3 is 0 Å². The van der Waals surface area contributed by atoms with Gasteiger partial charge in [0.25, 0.3) is 5.91 Å². The van der Waals surface area contributed by atoms with Crippen molar-refractivity contribution in [3.8, 4) is 5.75 Å². The van der Waals surface area contributed by atoms with Crippen molar-refractivity contribution in [2.75, 3.05) is 19.0 Å². The Bertz CT molecular complexity index is 766. The summed E-state index contributed by atoms with van der Waals surface area (Å²) in [6.45, 7) is 0.531. The lowest BCUT2D eigenvalue weighted by atomic mass is 10.0. The Hall–Kier alpha value is -2.62. The van der Waals surface area contributed by atoms with Crippen LogP contribution in [0.1, 0.15) is 0 Å². The molecular formula is C17H16N2O2. The molecule has 1 atom stereocenters. The molecule has 0 saturated carbocycles. The minimum atomic E-state index is -0.234. The van der Waals surface area contributed by atoms with E-state index in [2.05, 4.69) is 10.3 Å². The number of anilines is 1. The molecule has 1 amide bonds. The Morgan fingerprint density at radius 1 is 1.14 bits per heavy atom. The Morgan fingerprint density at radius 2 is 1.90 bits per heavy atom. The molecule has 4 nitrogen and oxygen atoms in total. The highest BCUT2D eigenvalue weighted by atomic mass is 16.5. The molecule has 3 rings (SSSR count). The van der Waals surface area contributed by atoms with Crippen LogP contribution in [0.5, 0.6) is 5.75 Å². The van der Waals surface area contributed by atoms with Crippen LogP contribution >= 0.6 is 0 Å². The molecule has 0 fully saturated rings. The van der Waals surface area contributed by atoms with Crippen LogP contribution in [0.4, 0.5) is 5.69 Å². The largest absolute Gasteiger partial charge is 0.497 e. The number of benzene rings is 2. The predicted octanol–water partition coefficient (Wildman–Crippen LogP) is 1.36. The molecule has 0 radical (unpaired) electrons. The number of carbonyl (C=O) groups is 1. The predicted molar refractivity (Wildman–Crippen MR) is 81.7 cm³/mol. The van der Waals surface area contributed by atoms with E-state index in [1.54, 1.807) is 7.11 Å². The highest BCUT2D eigenvalue weighted by Gasteiger charge is 2.17. The van der Waals surface area contributed by atoms with Crippen molar-refractivity contribution in [1.82, 2.24) is 0 Å². The average molecular weight is 280 g/mol. The van der Waals surface area contributed by atoms with Crippen LogP contribution in [0.15, 0.2) is 53.5 Å². The van der Waals surface area contributed by atoms with Gasteiger partial charge in [0.1, 0.15) is 5.75 Å². The topological polar surface area (TPSA) is 50.7 Å². The molecule has 1 unspecified atom stereocenters. The van der Waals surface area contributed by atoms with Gasteiger partial charge in [0.15, 0.2) is 0 Å². The molecule has 4 heteroatoms. The van der Waals surface area contributed by atoms with Crippen LogP contribution in [-0.2, 0) is 4.79 Å². The second-order valence-corrected chi connectivity index (χ2v) is 4.89. The average Bonchev–Trinajstić information content (AvgIpc) is 2.53. The summed E-state index contributed by atoms with van der Waals surface area (Å²) in [4.78, 5) is 16.2. The first kappa shape index (κ1) is 13.4. The maximum absolute atomic E-state index is 12.0. The minimum absolute atomic E-state index is 0.102. The third-order valence-corrected chi connectivity index (χ3v) is 3.48. The second kappa shape index (κ2) is 5.79. The van der Waals surface area contributed by atoms with E-state index in [9.17, 15) is 4.79 Å². The number of rotatable bonds is 4. The number of ether oxygens (including phenoxy) is 1. The quantitative estimate of drug-likeness (QED) is 0.920. The van der Waals surface area contributed by atoms with Gasteiger partial charge in [-0.2, -0.15) is 0 Å². The summed E-state index contributed by atoms with van der Waals surface area (Å²) in [5, 5.41) is 5.02. The fourth-order valence-corrected chi connectivity index (χ4v) is 2.30. The molecule has 1 aliphatic rings. The standard InChI is InChI=1S/C17H16N2O2/c1-21-15-8-6-14(7-9-15)18-11-13-10-12-4-2-3-5-16(12)19-17(13)20/h2-10,13,18H,11H2,1H3. The smallest absolute Gasteiger partial charge is 0.254 e. The van der Waals surface area contributed by atoms with Crippen molar-refractivity contribution < 1.29 is 9.53 Å². The number of methoxy groups -OCH3 is 1. The molecule has 0 spiro atoms. The molecule has 21 heavy (non-hydrogen) atoms. The molecule has 1 aliphatic heterocycles. The number of amides is 1. The highest BCUT2D eigenvalue weighted by Crippen LogP contribution is 2.16. The molecule has 0 bridgehead atoms. The Kier molecular flexibility index (Phi) is 3.69. The van der Waals surface area contributed by atoms with Gasteiger partial charge in [-0.05, 0) is 35.6 Å². The fourth-order valence-electron chi connectivity index (χ4n) is 2.30. The van der Waals surface area contributed by atoms with Crippen LogP contribution in [0, 0.1) is 5.92 Å². The van der Waals surface area contributed by atoms with E-state index < -0.39 is 0 Å². The Balaban J connectivity index is 1.73. The van der Waals surface area contributed by atoms with E-state index in [1.165, 1.54) is 0 Å². The zero-order valence-corrected chi connectivity index (χ0v) is 11.7. The molecule has 106 valence electrons. The lowest BCUT2D eigenvalue weighted by molar-refractivity contribution is -0.119. The van der Waals surface area contributed by atoms with Crippen molar-refractivity contribution in [1.29, 1.82) is 0 Å². The molecule has 0 aromatic heterocycles. The number of carbonyl (C=O) groups excluding carboxylic acids is 1. The zero-order chi connectivity index (χ0) is 14.7. The summed E-state index contributed by atoms with van der Waals surface area (Å²) in [6, 6.07) is 15.3. The van der Waals surface area contributed by atoms with Crippen molar-refractivity contribution in [2.45, 2.75) is 0 Å². The van der Waals surface area contributed by atoms with E-state index >= 15 is 0 Å². The summed E-state index contributed by atoms with van der Waals surface area (Å²) < 4.78 is 5.12. The monoisotopic (exact) mass is 280 g/mol. The van der Waals surface area contributed by atoms with E-state index in [0.29, 0.717) is 6.54 Å². The van der Waals surface area contributed by atoms with Crippen LogP contribution in [0.25, 0.3) is 6.08 Å². The van der Waals surface area contributed by atoms with Crippen LogP contribution in [0.3, 0.4) is 0 Å². The van der Waals surface area contributed by atoms with Crippen molar-refractivity contribution in [3.63, 3.8) is 0 Å². The van der Waals surface area contributed by atoms with E-state index in [4.69, 9.17) is 4.74 Å². The lowest BCUT2D eigenvalue weighted by Gasteiger charge is -2.14. The number of nitrogens with zero attached hydrogens (tertiary/aromatic N) is 1. The summed E-state index contributed by atoms with van der Waals surface area (Å²) in [5.41, 5.74) is 0.954. The SMILES string of the molecule is COc1ccc(NCC2C=c3ccccc3=NC2=O)cc1. The first-order valence-electron chi connectivity index (χ1n) is 6.83. The molecule has 2 aromatic carbocycles. The molecular weight excluding hydrogens is 264 g/mol. The zero-order valence-electron chi connectivity index (χ0n) is 11.7. The van der Waals surface area contributed by atoms with Gasteiger partial charge < -0.3 is 10.1 Å². The first-order chi connectivity index (χ1) is 10.3. The van der Waals surface area contributed by atoms with Crippen LogP contribution in [-0.4, -0.2) is 19.6 Å². The summed E-state index contributed by atoms with van der Waals surface area (Å²) in [6.07, 6.45) is 1.97. The number of fused-ring (bicyclic) bond motifs is 1. The van der Waals surface area contributed by atoms with E-state index in [0.717, 1.165) is 22.0 Å². The Morgan fingerprint density at radius 3 is 2.67 bits per heavy atom. The summed E-state index contributed by atoms with van der Waals surface area (Å²) >= 11 is 0. The number of para-hydroxylation sites is 1. The molecule has 2 aromatic rings. The maximum atomic E-state index is 12.0. The normalized spacial score (nSPS) is 16.4. The lowest BCUT2D eigenvalue weighted by Crippen LogP contribution is -2.35. The van der Waals surface area contributed by atoms with Gasteiger partial charge in [-0.3, -0.25) is 4.79 Å². The number of hydrogen-bond donors (Lipinski definition) is 1. The van der Waals surface area contributed by atoms with Gasteiger partial charge in [-0.15, -0.1) is 0 Å². The van der Waals surface area contributed by atoms with Gasteiger partial charge in [-0.1, -0.05) is 24.3 Å². The third-order valence-electron chi connectivity index (χ3n) is 3.48. The third kappa shape index (κ3) is 2.94. The highest BCUT2D eigenvalue weighted by molar-refractivity contribution is 5.86. The summed E-state index contributed by atoms with van der Waals surface area (Å²) in [5.74, 6) is 0.474. The molecule has 1 N–H and O–H groups in total. The molecule has 0 aliphatic carbocycles. The summed E-state index contributed by atoms with van der Waals surface area (Å²) in [7, 11) is 1.64. The molecule has 1 heterocycles. The minimum Gasteiger partial charge on any atom is -0.497 e. The van der Waals surface area contributed by atoms with Crippen molar-refractivity contribution >= 4 is 17.7 Å². The molecule has 0 saturated heterocycles. The number of nitrogens with one attached hydrogen (secondary N) is 1. The Labute approximate surface area is 122 Å². The van der Waals surface area contributed by atoms with Gasteiger partial charge in [-0.25, -0.2) is 4.99 Å². The van der Waals surface area contributed by atoms with E-state index in [1.807, 2.05) is 54.6 Å². The van der Waals surface area contributed by atoms with Gasteiger partial charge in [0, 0.05) is 12.2 Å². The van der Waals surface area contributed by atoms with Gasteiger partial charge in [0.2, 0.25) is 0 Å². The first-order valence-corrected chi connectivity index (χ1v) is 6.83. The van der Waals surface area contributed by atoms with Crippen molar-refractivity contribution in [2.24, 2.45) is 10.9 Å². The maximum Gasteiger partial charge on any atom is 0.254 e. The second-order valence-electron chi connectivity index (χ2n) is 4.89. The van der Waals surface area contributed by atoms with Crippen molar-refractivity contribution in [3.05, 3.63) is 59.1 Å². The fraction of sp³-hybridized carbons (Fsp3) is 0.176. The van der Waals surface area contributed by atoms with Gasteiger partial charge in [0.05, 0.1) is 18.4 Å². The van der Waals surface area contributed by atoms with Crippen LogP contribution < -0.4 is 20.6 Å². The van der Waals surface area contributed by atoms with Crippen LogP contribution in [0.2, 0.25) is 0 Å².